The zero-order chi connectivity index (χ0) is 22.8. The first kappa shape index (κ1) is 22.6. The van der Waals surface area contributed by atoms with E-state index in [1.165, 1.54) is 13.0 Å². The summed E-state index contributed by atoms with van der Waals surface area (Å²) < 4.78 is 39.7. The van der Waals surface area contributed by atoms with Crippen LogP contribution in [0, 0.1) is 6.92 Å². The summed E-state index contributed by atoms with van der Waals surface area (Å²) in [7, 11) is 2.08. The number of hydrogen-bond acceptors (Lipinski definition) is 4. The summed E-state index contributed by atoms with van der Waals surface area (Å²) in [5, 5.41) is 4.98. The fourth-order valence-corrected chi connectivity index (χ4v) is 3.44. The van der Waals surface area contributed by atoms with Gasteiger partial charge in [0.1, 0.15) is 0 Å². The van der Waals surface area contributed by atoms with Crippen molar-refractivity contribution in [3.05, 3.63) is 53.1 Å². The molecule has 0 bridgehead atoms. The number of amides is 2. The second kappa shape index (κ2) is 8.97. The van der Waals surface area contributed by atoms with Crippen molar-refractivity contribution in [1.29, 1.82) is 0 Å². The van der Waals surface area contributed by atoms with Gasteiger partial charge in [-0.3, -0.25) is 9.59 Å². The molecule has 2 aromatic carbocycles. The van der Waals surface area contributed by atoms with Crippen LogP contribution in [0.3, 0.4) is 0 Å². The second-order valence-corrected chi connectivity index (χ2v) is 7.72. The van der Waals surface area contributed by atoms with Crippen LogP contribution in [0.4, 0.5) is 30.2 Å². The molecule has 2 aromatic rings. The van der Waals surface area contributed by atoms with Crippen molar-refractivity contribution in [2.75, 3.05) is 48.8 Å². The maximum atomic E-state index is 13.2. The highest BCUT2D eigenvalue weighted by Crippen LogP contribution is 2.32. The third-order valence-corrected chi connectivity index (χ3v) is 5.17. The summed E-state index contributed by atoms with van der Waals surface area (Å²) in [6.45, 7) is 6.75. The first-order valence-electron chi connectivity index (χ1n) is 9.88. The predicted octanol–water partition coefficient (Wildman–Crippen LogP) is 3.98. The molecular weight excluding hydrogens is 409 g/mol. The van der Waals surface area contributed by atoms with Gasteiger partial charge in [-0.1, -0.05) is 0 Å². The number of nitrogens with zero attached hydrogens (tertiary/aromatic N) is 2. The molecule has 2 amide bonds. The molecule has 6 nitrogen and oxygen atoms in total. The molecule has 1 aliphatic rings. The van der Waals surface area contributed by atoms with Gasteiger partial charge in [0.25, 0.3) is 5.91 Å². The number of alkyl halides is 3. The van der Waals surface area contributed by atoms with Gasteiger partial charge in [-0.15, -0.1) is 0 Å². The number of aryl methyl sites for hydroxylation is 1. The number of rotatable bonds is 4. The van der Waals surface area contributed by atoms with Crippen LogP contribution in [0.25, 0.3) is 0 Å². The lowest BCUT2D eigenvalue weighted by Crippen LogP contribution is -2.44. The topological polar surface area (TPSA) is 64.7 Å². The molecule has 0 unspecified atom stereocenters. The standard InChI is InChI=1S/C22H25F3N4O2/c1-14-10-19(29-8-6-28(3)7-9-29)4-5-20(14)27-21(31)16-11-17(22(23,24)25)13-18(12-16)26-15(2)30/h4-5,10-13H,6-9H2,1-3H3,(H,26,30)(H,27,31). The molecule has 1 saturated heterocycles. The summed E-state index contributed by atoms with van der Waals surface area (Å²) in [4.78, 5) is 28.5. The van der Waals surface area contributed by atoms with Crippen LogP contribution in [0.2, 0.25) is 0 Å². The molecular formula is C22H25F3N4O2. The van der Waals surface area contributed by atoms with Gasteiger partial charge < -0.3 is 20.4 Å². The lowest BCUT2D eigenvalue weighted by molar-refractivity contribution is -0.137. The molecule has 0 aliphatic carbocycles. The number of anilines is 3. The van der Waals surface area contributed by atoms with E-state index < -0.39 is 23.6 Å². The number of carbonyl (C=O) groups is 2. The minimum atomic E-state index is -4.65. The van der Waals surface area contributed by atoms with E-state index in [1.54, 1.807) is 6.07 Å². The average molecular weight is 434 g/mol. The predicted molar refractivity (Wildman–Crippen MR) is 115 cm³/mol. The van der Waals surface area contributed by atoms with E-state index in [0.717, 1.165) is 49.6 Å². The Bertz CT molecular complexity index is 983. The number of halogens is 3. The highest BCUT2D eigenvalue weighted by molar-refractivity contribution is 6.06. The van der Waals surface area contributed by atoms with Crippen LogP contribution >= 0.6 is 0 Å². The van der Waals surface area contributed by atoms with Crippen molar-refractivity contribution in [1.82, 2.24) is 4.90 Å². The van der Waals surface area contributed by atoms with E-state index in [1.807, 2.05) is 19.1 Å². The lowest BCUT2D eigenvalue weighted by Gasteiger charge is -2.34. The normalized spacial score (nSPS) is 15.0. The third kappa shape index (κ3) is 5.75. The molecule has 3 rings (SSSR count). The number of benzene rings is 2. The molecule has 0 spiro atoms. The van der Waals surface area contributed by atoms with Gasteiger partial charge >= 0.3 is 6.18 Å². The van der Waals surface area contributed by atoms with Gasteiger partial charge in [0, 0.05) is 55.7 Å². The Balaban J connectivity index is 1.81. The third-order valence-electron chi connectivity index (χ3n) is 5.17. The Labute approximate surface area is 179 Å². The number of piperazine rings is 1. The Kier molecular flexibility index (Phi) is 6.54. The fraction of sp³-hybridized carbons (Fsp3) is 0.364. The molecule has 1 aliphatic heterocycles. The molecule has 31 heavy (non-hydrogen) atoms. The maximum absolute atomic E-state index is 13.2. The van der Waals surface area contributed by atoms with Gasteiger partial charge in [-0.2, -0.15) is 13.2 Å². The summed E-state index contributed by atoms with van der Waals surface area (Å²) in [5.74, 6) is -1.21. The van der Waals surface area contributed by atoms with Gasteiger partial charge in [0.15, 0.2) is 0 Å². The molecule has 0 saturated carbocycles. The first-order valence-corrected chi connectivity index (χ1v) is 9.88. The molecule has 2 N–H and O–H groups in total. The number of likely N-dealkylation sites (N-methyl/N-ethyl adjacent to an activating group) is 1. The quantitative estimate of drug-likeness (QED) is 0.764. The van der Waals surface area contributed by atoms with Gasteiger partial charge in [-0.25, -0.2) is 0 Å². The second-order valence-electron chi connectivity index (χ2n) is 7.72. The fourth-order valence-electron chi connectivity index (χ4n) is 3.44. The molecule has 0 aromatic heterocycles. The van der Waals surface area contributed by atoms with Crippen molar-refractivity contribution in [3.8, 4) is 0 Å². The summed E-state index contributed by atoms with van der Waals surface area (Å²) >= 11 is 0. The minimum absolute atomic E-state index is 0.0883. The van der Waals surface area contributed by atoms with Crippen LogP contribution in [0.1, 0.15) is 28.4 Å². The Morgan fingerprint density at radius 2 is 1.65 bits per heavy atom. The van der Waals surface area contributed by atoms with E-state index in [0.29, 0.717) is 5.69 Å². The maximum Gasteiger partial charge on any atom is 0.416 e. The van der Waals surface area contributed by atoms with Crippen molar-refractivity contribution in [2.24, 2.45) is 0 Å². The van der Waals surface area contributed by atoms with E-state index >= 15 is 0 Å². The molecule has 166 valence electrons. The van der Waals surface area contributed by atoms with Gasteiger partial charge in [-0.05, 0) is 55.9 Å². The number of nitrogens with one attached hydrogen (secondary N) is 2. The van der Waals surface area contributed by atoms with Crippen LogP contribution in [-0.2, 0) is 11.0 Å². The average Bonchev–Trinajstić information content (AvgIpc) is 2.68. The SMILES string of the molecule is CC(=O)Nc1cc(C(=O)Nc2ccc(N3CCN(C)CC3)cc2C)cc(C(F)(F)F)c1. The molecule has 9 heteroatoms. The zero-order valence-electron chi connectivity index (χ0n) is 17.6. The van der Waals surface area contributed by atoms with Crippen molar-refractivity contribution < 1.29 is 22.8 Å². The minimum Gasteiger partial charge on any atom is -0.369 e. The number of carbonyl (C=O) groups excluding carboxylic acids is 2. The monoisotopic (exact) mass is 434 g/mol. The van der Waals surface area contributed by atoms with E-state index in [2.05, 4.69) is 27.5 Å². The Hall–Kier alpha value is -3.07. The summed E-state index contributed by atoms with van der Waals surface area (Å²) in [5.41, 5.74) is 1.07. The van der Waals surface area contributed by atoms with Crippen LogP contribution in [0.5, 0.6) is 0 Å². The highest BCUT2D eigenvalue weighted by Gasteiger charge is 2.32. The molecule has 0 radical (unpaired) electrons. The Morgan fingerprint density at radius 1 is 0.968 bits per heavy atom. The van der Waals surface area contributed by atoms with Crippen LogP contribution < -0.4 is 15.5 Å². The van der Waals surface area contributed by atoms with E-state index in [-0.39, 0.29) is 11.3 Å². The largest absolute Gasteiger partial charge is 0.416 e. The first-order chi connectivity index (χ1) is 14.5. The highest BCUT2D eigenvalue weighted by atomic mass is 19.4. The molecule has 1 heterocycles. The van der Waals surface area contributed by atoms with E-state index in [4.69, 9.17) is 0 Å². The Morgan fingerprint density at radius 3 is 2.23 bits per heavy atom. The van der Waals surface area contributed by atoms with E-state index in [9.17, 15) is 22.8 Å². The smallest absolute Gasteiger partial charge is 0.369 e. The van der Waals surface area contributed by atoms with Crippen molar-refractivity contribution in [2.45, 2.75) is 20.0 Å². The van der Waals surface area contributed by atoms with Crippen molar-refractivity contribution >= 4 is 28.9 Å². The van der Waals surface area contributed by atoms with Crippen LogP contribution in [0.15, 0.2) is 36.4 Å². The zero-order valence-corrected chi connectivity index (χ0v) is 17.6. The summed E-state index contributed by atoms with van der Waals surface area (Å²) in [6, 6.07) is 8.39. The summed E-state index contributed by atoms with van der Waals surface area (Å²) in [6.07, 6.45) is -4.65. The molecule has 0 atom stereocenters. The number of hydrogen-bond donors (Lipinski definition) is 2. The molecule has 1 fully saturated rings. The van der Waals surface area contributed by atoms with Gasteiger partial charge in [0.2, 0.25) is 5.91 Å². The van der Waals surface area contributed by atoms with Crippen LogP contribution in [-0.4, -0.2) is 49.9 Å². The lowest BCUT2D eigenvalue weighted by atomic mass is 10.1. The van der Waals surface area contributed by atoms with Gasteiger partial charge in [0.05, 0.1) is 5.56 Å². The van der Waals surface area contributed by atoms with Crippen molar-refractivity contribution in [3.63, 3.8) is 0 Å².